The normalized spacial score (nSPS) is 16.7. The minimum Gasteiger partial charge on any atom is -0.261 e. The summed E-state index contributed by atoms with van der Waals surface area (Å²) >= 11 is 6.07. The molecule has 21 heavy (non-hydrogen) atoms. The highest BCUT2D eigenvalue weighted by Gasteiger charge is 2.39. The standard InChI is InChI=1S/C15H15ClN2O2S/c1-11-5-4-6-13(16)15(11)21(19,20)18-9-12(10-18)14-7-2-3-8-17-14/h2-8,12H,9-10H2,1H3. The quantitative estimate of drug-likeness (QED) is 0.873. The van der Waals surface area contributed by atoms with Gasteiger partial charge >= 0.3 is 0 Å². The summed E-state index contributed by atoms with van der Waals surface area (Å²) in [4.78, 5) is 4.49. The van der Waals surface area contributed by atoms with Crippen molar-refractivity contribution in [2.75, 3.05) is 13.1 Å². The number of aromatic nitrogens is 1. The summed E-state index contributed by atoms with van der Waals surface area (Å²) in [5.41, 5.74) is 1.60. The molecule has 1 fully saturated rings. The molecule has 1 saturated heterocycles. The smallest absolute Gasteiger partial charge is 0.244 e. The van der Waals surface area contributed by atoms with E-state index in [1.54, 1.807) is 31.3 Å². The number of benzene rings is 1. The van der Waals surface area contributed by atoms with Gasteiger partial charge in [0.1, 0.15) is 4.90 Å². The Kier molecular flexibility index (Phi) is 3.73. The predicted octanol–water partition coefficient (Wildman–Crippen LogP) is 2.83. The Bertz CT molecular complexity index is 736. The van der Waals surface area contributed by atoms with E-state index in [0.717, 1.165) is 5.69 Å². The fourth-order valence-electron chi connectivity index (χ4n) is 2.51. The Labute approximate surface area is 129 Å². The molecular formula is C15H15ClN2O2S. The van der Waals surface area contributed by atoms with Gasteiger partial charge in [-0.05, 0) is 30.7 Å². The Balaban J connectivity index is 1.83. The van der Waals surface area contributed by atoms with Crippen LogP contribution in [0.5, 0.6) is 0 Å². The van der Waals surface area contributed by atoms with E-state index in [0.29, 0.717) is 18.7 Å². The predicted molar refractivity (Wildman–Crippen MR) is 81.9 cm³/mol. The summed E-state index contributed by atoms with van der Waals surface area (Å²) in [7, 11) is -3.53. The SMILES string of the molecule is Cc1cccc(Cl)c1S(=O)(=O)N1CC(c2ccccn2)C1. The van der Waals surface area contributed by atoms with Gasteiger partial charge < -0.3 is 0 Å². The zero-order chi connectivity index (χ0) is 15.0. The monoisotopic (exact) mass is 322 g/mol. The third-order valence-electron chi connectivity index (χ3n) is 3.72. The lowest BCUT2D eigenvalue weighted by Gasteiger charge is -2.38. The van der Waals surface area contributed by atoms with Crippen LogP contribution in [0.15, 0.2) is 47.5 Å². The molecule has 0 atom stereocenters. The summed E-state index contributed by atoms with van der Waals surface area (Å²) in [5.74, 6) is 0.156. The van der Waals surface area contributed by atoms with Gasteiger partial charge in [0.15, 0.2) is 0 Å². The summed E-state index contributed by atoms with van der Waals surface area (Å²) in [6.45, 7) is 2.66. The maximum absolute atomic E-state index is 12.7. The lowest BCUT2D eigenvalue weighted by Crippen LogP contribution is -2.48. The lowest BCUT2D eigenvalue weighted by atomic mass is 9.99. The summed E-state index contributed by atoms with van der Waals surface area (Å²) < 4.78 is 26.8. The molecule has 1 aliphatic heterocycles. The Hall–Kier alpha value is -1.43. The van der Waals surface area contributed by atoms with Crippen LogP contribution < -0.4 is 0 Å². The van der Waals surface area contributed by atoms with Crippen LogP contribution in [0.4, 0.5) is 0 Å². The molecule has 3 rings (SSSR count). The molecule has 2 aromatic rings. The van der Waals surface area contributed by atoms with E-state index in [1.807, 2.05) is 18.2 Å². The van der Waals surface area contributed by atoms with Gasteiger partial charge in [-0.1, -0.05) is 29.8 Å². The highest BCUT2D eigenvalue weighted by molar-refractivity contribution is 7.89. The number of sulfonamides is 1. The zero-order valence-corrected chi connectivity index (χ0v) is 13.1. The van der Waals surface area contributed by atoms with E-state index in [1.165, 1.54) is 4.31 Å². The topological polar surface area (TPSA) is 50.3 Å². The fourth-order valence-corrected chi connectivity index (χ4v) is 4.83. The number of halogens is 1. The second-order valence-corrected chi connectivity index (χ2v) is 7.44. The lowest BCUT2D eigenvalue weighted by molar-refractivity contribution is 0.260. The molecule has 4 nitrogen and oxygen atoms in total. The first-order valence-corrected chi connectivity index (χ1v) is 8.48. The fraction of sp³-hybridized carbons (Fsp3) is 0.267. The van der Waals surface area contributed by atoms with Crippen molar-refractivity contribution in [1.82, 2.24) is 9.29 Å². The van der Waals surface area contributed by atoms with E-state index in [4.69, 9.17) is 11.6 Å². The van der Waals surface area contributed by atoms with Crippen molar-refractivity contribution in [3.05, 3.63) is 58.9 Å². The van der Waals surface area contributed by atoms with Gasteiger partial charge in [-0.2, -0.15) is 4.31 Å². The number of nitrogens with zero attached hydrogens (tertiary/aromatic N) is 2. The summed E-state index contributed by atoms with van der Waals surface area (Å²) in [5, 5.41) is 0.274. The van der Waals surface area contributed by atoms with E-state index >= 15 is 0 Å². The second kappa shape index (κ2) is 5.40. The number of rotatable bonds is 3. The molecule has 2 heterocycles. The Morgan fingerprint density at radius 2 is 1.95 bits per heavy atom. The summed E-state index contributed by atoms with van der Waals surface area (Å²) in [6, 6.07) is 10.8. The molecule has 0 unspecified atom stereocenters. The van der Waals surface area contributed by atoms with Crippen LogP contribution in [0.25, 0.3) is 0 Å². The third-order valence-corrected chi connectivity index (χ3v) is 6.18. The van der Waals surface area contributed by atoms with E-state index < -0.39 is 10.0 Å². The molecule has 0 bridgehead atoms. The Morgan fingerprint density at radius 3 is 2.57 bits per heavy atom. The van der Waals surface area contributed by atoms with Gasteiger partial charge in [-0.15, -0.1) is 0 Å². The number of hydrogen-bond acceptors (Lipinski definition) is 3. The van der Waals surface area contributed by atoms with Crippen LogP contribution >= 0.6 is 11.6 Å². The number of hydrogen-bond donors (Lipinski definition) is 0. The minimum atomic E-state index is -3.53. The first-order valence-electron chi connectivity index (χ1n) is 6.66. The molecule has 110 valence electrons. The van der Waals surface area contributed by atoms with Crippen LogP contribution in [0.2, 0.25) is 5.02 Å². The zero-order valence-electron chi connectivity index (χ0n) is 11.5. The van der Waals surface area contributed by atoms with Crippen LogP contribution in [-0.4, -0.2) is 30.8 Å². The van der Waals surface area contributed by atoms with Crippen LogP contribution in [0.3, 0.4) is 0 Å². The first kappa shape index (κ1) is 14.5. The van der Waals surface area contributed by atoms with Crippen molar-refractivity contribution in [3.63, 3.8) is 0 Å². The number of pyridine rings is 1. The maximum atomic E-state index is 12.7. The van der Waals surface area contributed by atoms with E-state index in [2.05, 4.69) is 4.98 Å². The number of aryl methyl sites for hydroxylation is 1. The van der Waals surface area contributed by atoms with Gasteiger partial charge in [0.25, 0.3) is 0 Å². The van der Waals surface area contributed by atoms with E-state index in [-0.39, 0.29) is 15.8 Å². The first-order chi connectivity index (χ1) is 10.00. The van der Waals surface area contributed by atoms with Gasteiger partial charge in [0.2, 0.25) is 10.0 Å². The van der Waals surface area contributed by atoms with Crippen molar-refractivity contribution >= 4 is 21.6 Å². The van der Waals surface area contributed by atoms with Crippen LogP contribution in [0.1, 0.15) is 17.2 Å². The third kappa shape index (κ3) is 2.57. The van der Waals surface area contributed by atoms with E-state index in [9.17, 15) is 8.42 Å². The second-order valence-electron chi connectivity index (χ2n) is 5.16. The van der Waals surface area contributed by atoms with Crippen molar-refractivity contribution in [1.29, 1.82) is 0 Å². The molecule has 0 aliphatic carbocycles. The van der Waals surface area contributed by atoms with Crippen LogP contribution in [-0.2, 0) is 10.0 Å². The largest absolute Gasteiger partial charge is 0.261 e. The highest BCUT2D eigenvalue weighted by Crippen LogP contribution is 2.34. The van der Waals surface area contributed by atoms with Crippen molar-refractivity contribution in [2.45, 2.75) is 17.7 Å². The molecule has 0 spiro atoms. The molecule has 0 N–H and O–H groups in total. The van der Waals surface area contributed by atoms with Gasteiger partial charge in [0, 0.05) is 30.9 Å². The summed E-state index contributed by atoms with van der Waals surface area (Å²) in [6.07, 6.45) is 1.73. The molecule has 1 aliphatic rings. The molecule has 6 heteroatoms. The van der Waals surface area contributed by atoms with Crippen molar-refractivity contribution in [3.8, 4) is 0 Å². The molecule has 1 aromatic carbocycles. The van der Waals surface area contributed by atoms with Gasteiger partial charge in [0.05, 0.1) is 5.02 Å². The molecular weight excluding hydrogens is 308 g/mol. The highest BCUT2D eigenvalue weighted by atomic mass is 35.5. The molecule has 0 radical (unpaired) electrons. The molecule has 1 aromatic heterocycles. The van der Waals surface area contributed by atoms with Gasteiger partial charge in [-0.3, -0.25) is 4.98 Å². The van der Waals surface area contributed by atoms with Crippen molar-refractivity contribution < 1.29 is 8.42 Å². The average molecular weight is 323 g/mol. The van der Waals surface area contributed by atoms with Crippen LogP contribution in [0, 0.1) is 6.92 Å². The maximum Gasteiger partial charge on any atom is 0.244 e. The average Bonchev–Trinajstić information content (AvgIpc) is 2.37. The molecule has 0 saturated carbocycles. The Morgan fingerprint density at radius 1 is 1.19 bits per heavy atom. The van der Waals surface area contributed by atoms with Crippen molar-refractivity contribution in [2.24, 2.45) is 0 Å². The molecule has 0 amide bonds. The minimum absolute atomic E-state index is 0.156. The van der Waals surface area contributed by atoms with Gasteiger partial charge in [-0.25, -0.2) is 8.42 Å².